The molecule has 0 spiro atoms. The molecular formula is C17H20FNO. The summed E-state index contributed by atoms with van der Waals surface area (Å²) in [6.45, 7) is 4.53. The first kappa shape index (κ1) is 14.5. The standard InChI is InChI=1S/C17H20FNO/c1-3-10-20-16-7-5-4-6-14(16)17(19)13-9-8-12(2)11-15(13)18/h4-9,11,17H,3,10,19H2,1-2H3. The molecule has 1 unspecified atom stereocenters. The monoisotopic (exact) mass is 273 g/mol. The molecule has 0 heterocycles. The van der Waals surface area contributed by atoms with Gasteiger partial charge >= 0.3 is 0 Å². The molecule has 0 aromatic heterocycles. The number of rotatable bonds is 5. The van der Waals surface area contributed by atoms with Gasteiger partial charge in [0.1, 0.15) is 11.6 Å². The molecule has 3 heteroatoms. The quantitative estimate of drug-likeness (QED) is 0.894. The van der Waals surface area contributed by atoms with Crippen LogP contribution in [-0.2, 0) is 0 Å². The molecule has 106 valence electrons. The fourth-order valence-corrected chi connectivity index (χ4v) is 2.13. The fourth-order valence-electron chi connectivity index (χ4n) is 2.13. The minimum atomic E-state index is -0.524. The van der Waals surface area contributed by atoms with E-state index in [9.17, 15) is 4.39 Å². The van der Waals surface area contributed by atoms with E-state index in [-0.39, 0.29) is 5.82 Å². The van der Waals surface area contributed by atoms with E-state index >= 15 is 0 Å². The summed E-state index contributed by atoms with van der Waals surface area (Å²) in [4.78, 5) is 0. The Morgan fingerprint density at radius 2 is 1.90 bits per heavy atom. The zero-order valence-corrected chi connectivity index (χ0v) is 11.9. The number of halogens is 1. The Balaban J connectivity index is 2.35. The number of benzene rings is 2. The Bertz CT molecular complexity index is 583. The van der Waals surface area contributed by atoms with Gasteiger partial charge in [-0.25, -0.2) is 4.39 Å². The Morgan fingerprint density at radius 1 is 1.15 bits per heavy atom. The lowest BCUT2D eigenvalue weighted by Gasteiger charge is -2.18. The number of nitrogens with two attached hydrogens (primary N) is 1. The Morgan fingerprint density at radius 3 is 2.60 bits per heavy atom. The second kappa shape index (κ2) is 6.53. The van der Waals surface area contributed by atoms with Gasteiger partial charge in [0.05, 0.1) is 12.6 Å². The summed E-state index contributed by atoms with van der Waals surface area (Å²) in [7, 11) is 0. The molecule has 1 atom stereocenters. The van der Waals surface area contributed by atoms with Crippen molar-refractivity contribution in [3.8, 4) is 5.75 Å². The highest BCUT2D eigenvalue weighted by Gasteiger charge is 2.17. The fraction of sp³-hybridized carbons (Fsp3) is 0.294. The van der Waals surface area contributed by atoms with Crippen molar-refractivity contribution < 1.29 is 9.13 Å². The van der Waals surface area contributed by atoms with Crippen LogP contribution in [0, 0.1) is 12.7 Å². The summed E-state index contributed by atoms with van der Waals surface area (Å²) in [5.74, 6) is 0.449. The smallest absolute Gasteiger partial charge is 0.128 e. The topological polar surface area (TPSA) is 35.2 Å². The first-order chi connectivity index (χ1) is 9.63. The summed E-state index contributed by atoms with van der Waals surface area (Å²) in [5.41, 5.74) is 8.40. The highest BCUT2D eigenvalue weighted by Crippen LogP contribution is 2.29. The first-order valence-corrected chi connectivity index (χ1v) is 6.86. The highest BCUT2D eigenvalue weighted by molar-refractivity contribution is 5.42. The van der Waals surface area contributed by atoms with Gasteiger partial charge in [-0.3, -0.25) is 0 Å². The molecule has 0 radical (unpaired) electrons. The van der Waals surface area contributed by atoms with Gasteiger partial charge in [-0.2, -0.15) is 0 Å². The lowest BCUT2D eigenvalue weighted by atomic mass is 9.97. The highest BCUT2D eigenvalue weighted by atomic mass is 19.1. The number of ether oxygens (including phenoxy) is 1. The van der Waals surface area contributed by atoms with Crippen molar-refractivity contribution in [3.63, 3.8) is 0 Å². The van der Waals surface area contributed by atoms with Crippen LogP contribution < -0.4 is 10.5 Å². The van der Waals surface area contributed by atoms with Crippen molar-refractivity contribution in [2.75, 3.05) is 6.61 Å². The summed E-state index contributed by atoms with van der Waals surface area (Å²) >= 11 is 0. The van der Waals surface area contributed by atoms with Gasteiger partial charge in [-0.1, -0.05) is 37.3 Å². The summed E-state index contributed by atoms with van der Waals surface area (Å²) in [5, 5.41) is 0. The van der Waals surface area contributed by atoms with Crippen LogP contribution >= 0.6 is 0 Å². The second-order valence-corrected chi connectivity index (χ2v) is 4.89. The van der Waals surface area contributed by atoms with Crippen LogP contribution in [0.25, 0.3) is 0 Å². The van der Waals surface area contributed by atoms with Gasteiger partial charge in [-0.05, 0) is 31.0 Å². The third-order valence-electron chi connectivity index (χ3n) is 3.21. The molecule has 0 aliphatic heterocycles. The molecule has 0 aliphatic rings. The third kappa shape index (κ3) is 3.17. The van der Waals surface area contributed by atoms with E-state index < -0.39 is 6.04 Å². The van der Waals surface area contributed by atoms with Crippen molar-refractivity contribution in [1.82, 2.24) is 0 Å². The van der Waals surface area contributed by atoms with E-state index in [0.717, 1.165) is 23.3 Å². The molecule has 2 aromatic rings. The van der Waals surface area contributed by atoms with Gasteiger partial charge in [0.15, 0.2) is 0 Å². The van der Waals surface area contributed by atoms with E-state index in [1.807, 2.05) is 44.2 Å². The van der Waals surface area contributed by atoms with Crippen LogP contribution in [0.4, 0.5) is 4.39 Å². The van der Waals surface area contributed by atoms with Gasteiger partial charge < -0.3 is 10.5 Å². The Kier molecular flexibility index (Phi) is 4.74. The largest absolute Gasteiger partial charge is 0.493 e. The summed E-state index contributed by atoms with van der Waals surface area (Å²) in [6, 6.07) is 12.1. The maximum atomic E-state index is 14.0. The second-order valence-electron chi connectivity index (χ2n) is 4.89. The predicted molar refractivity (Wildman–Crippen MR) is 79.4 cm³/mol. The van der Waals surface area contributed by atoms with E-state index in [2.05, 4.69) is 0 Å². The maximum absolute atomic E-state index is 14.0. The lowest BCUT2D eigenvalue weighted by Crippen LogP contribution is -2.15. The van der Waals surface area contributed by atoms with Crippen LogP contribution in [-0.4, -0.2) is 6.61 Å². The zero-order chi connectivity index (χ0) is 14.5. The van der Waals surface area contributed by atoms with Crippen LogP contribution in [0.3, 0.4) is 0 Å². The molecule has 0 aliphatic carbocycles. The molecule has 0 fully saturated rings. The number of hydrogen-bond acceptors (Lipinski definition) is 2. The summed E-state index contributed by atoms with van der Waals surface area (Å²) < 4.78 is 19.7. The van der Waals surface area contributed by atoms with Crippen molar-refractivity contribution in [3.05, 3.63) is 65.0 Å². The van der Waals surface area contributed by atoms with Gasteiger partial charge in [-0.15, -0.1) is 0 Å². The Hall–Kier alpha value is -1.87. The Labute approximate surface area is 119 Å². The molecule has 20 heavy (non-hydrogen) atoms. The van der Waals surface area contributed by atoms with Crippen LogP contribution in [0.2, 0.25) is 0 Å². The minimum Gasteiger partial charge on any atom is -0.493 e. The molecular weight excluding hydrogens is 253 g/mol. The molecule has 0 bridgehead atoms. The first-order valence-electron chi connectivity index (χ1n) is 6.86. The molecule has 2 N–H and O–H groups in total. The molecule has 0 saturated heterocycles. The van der Waals surface area contributed by atoms with E-state index in [1.54, 1.807) is 6.07 Å². The zero-order valence-electron chi connectivity index (χ0n) is 11.9. The lowest BCUT2D eigenvalue weighted by molar-refractivity contribution is 0.313. The molecule has 2 nitrogen and oxygen atoms in total. The molecule has 2 rings (SSSR count). The number of para-hydroxylation sites is 1. The SMILES string of the molecule is CCCOc1ccccc1C(N)c1ccc(C)cc1F. The molecule has 0 amide bonds. The van der Waals surface area contributed by atoms with Crippen LogP contribution in [0.15, 0.2) is 42.5 Å². The van der Waals surface area contributed by atoms with Crippen molar-refractivity contribution >= 4 is 0 Å². The van der Waals surface area contributed by atoms with E-state index in [1.165, 1.54) is 6.07 Å². The average molecular weight is 273 g/mol. The van der Waals surface area contributed by atoms with Gasteiger partial charge in [0.2, 0.25) is 0 Å². The third-order valence-corrected chi connectivity index (χ3v) is 3.21. The normalized spacial score (nSPS) is 12.2. The van der Waals surface area contributed by atoms with E-state index in [0.29, 0.717) is 12.2 Å². The van der Waals surface area contributed by atoms with Crippen LogP contribution in [0.5, 0.6) is 5.75 Å². The predicted octanol–water partition coefficient (Wildman–Crippen LogP) is 3.97. The number of aryl methyl sites for hydroxylation is 1. The van der Waals surface area contributed by atoms with Gasteiger partial charge in [0, 0.05) is 11.1 Å². The van der Waals surface area contributed by atoms with Gasteiger partial charge in [0.25, 0.3) is 0 Å². The minimum absolute atomic E-state index is 0.275. The van der Waals surface area contributed by atoms with E-state index in [4.69, 9.17) is 10.5 Å². The average Bonchev–Trinajstić information content (AvgIpc) is 2.45. The number of hydrogen-bond donors (Lipinski definition) is 1. The van der Waals surface area contributed by atoms with Crippen molar-refractivity contribution in [2.24, 2.45) is 5.73 Å². The van der Waals surface area contributed by atoms with Crippen molar-refractivity contribution in [2.45, 2.75) is 26.3 Å². The van der Waals surface area contributed by atoms with Crippen molar-refractivity contribution in [1.29, 1.82) is 0 Å². The molecule has 0 saturated carbocycles. The summed E-state index contributed by atoms with van der Waals surface area (Å²) in [6.07, 6.45) is 0.919. The molecule has 2 aromatic carbocycles. The van der Waals surface area contributed by atoms with Crippen LogP contribution in [0.1, 0.15) is 36.1 Å². The maximum Gasteiger partial charge on any atom is 0.128 e.